The molecule has 0 aliphatic carbocycles. The second-order valence-corrected chi connectivity index (χ2v) is 5.36. The number of hydrogen-bond donors (Lipinski definition) is 2. The maximum absolute atomic E-state index is 13.7. The molecule has 1 unspecified atom stereocenters. The normalized spacial score (nSPS) is 16.6. The molecule has 0 radical (unpaired) electrons. The average Bonchev–Trinajstić information content (AvgIpc) is 2.55. The highest BCUT2D eigenvalue weighted by atomic mass is 19.1. The van der Waals surface area contributed by atoms with Gasteiger partial charge in [0.1, 0.15) is 11.9 Å². The maximum Gasteiger partial charge on any atom is 0.326 e. The molecule has 2 aromatic rings. The minimum absolute atomic E-state index is 0.0282. The number of nitrogens with zero attached hydrogens (tertiary/aromatic N) is 1. The quantitative estimate of drug-likeness (QED) is 0.895. The fourth-order valence-corrected chi connectivity index (χ4v) is 2.71. The standard InChI is InChI=1S/C17H15FN2O3/c18-13-7-3-4-8-14(13)19-17(23)20-10-12-6-2-1-5-11(12)9-15(20)16(21)22/h1-8,15H,9-10H2,(H,19,23)(H,21,22). The monoisotopic (exact) mass is 314 g/mol. The SMILES string of the molecule is O=C(O)C1Cc2ccccc2CN1C(=O)Nc1ccccc1F. The predicted octanol–water partition coefficient (Wildman–Crippen LogP) is 2.87. The first-order chi connectivity index (χ1) is 11.1. The van der Waals surface area contributed by atoms with Gasteiger partial charge in [0.05, 0.1) is 5.69 Å². The summed E-state index contributed by atoms with van der Waals surface area (Å²) >= 11 is 0. The van der Waals surface area contributed by atoms with Gasteiger partial charge in [0.2, 0.25) is 0 Å². The van der Waals surface area contributed by atoms with Gasteiger partial charge in [0, 0.05) is 13.0 Å². The highest BCUT2D eigenvalue weighted by molar-refractivity contribution is 5.92. The van der Waals surface area contributed by atoms with E-state index >= 15 is 0 Å². The molecule has 0 saturated carbocycles. The van der Waals surface area contributed by atoms with Gasteiger partial charge in [-0.25, -0.2) is 14.0 Å². The van der Waals surface area contributed by atoms with Crippen molar-refractivity contribution in [2.45, 2.75) is 19.0 Å². The van der Waals surface area contributed by atoms with E-state index < -0.39 is 23.9 Å². The van der Waals surface area contributed by atoms with Gasteiger partial charge in [-0.15, -0.1) is 0 Å². The van der Waals surface area contributed by atoms with Crippen LogP contribution in [0.1, 0.15) is 11.1 Å². The van der Waals surface area contributed by atoms with Crippen LogP contribution in [0.3, 0.4) is 0 Å². The predicted molar refractivity (Wildman–Crippen MR) is 82.5 cm³/mol. The molecule has 0 fully saturated rings. The maximum atomic E-state index is 13.7. The average molecular weight is 314 g/mol. The number of rotatable bonds is 2. The Hall–Kier alpha value is -2.89. The molecule has 1 aliphatic heterocycles. The van der Waals surface area contributed by atoms with Crippen LogP contribution in [0.15, 0.2) is 48.5 Å². The zero-order valence-corrected chi connectivity index (χ0v) is 12.2. The van der Waals surface area contributed by atoms with Crippen LogP contribution < -0.4 is 5.32 Å². The van der Waals surface area contributed by atoms with Crippen LogP contribution >= 0.6 is 0 Å². The van der Waals surface area contributed by atoms with E-state index in [1.54, 1.807) is 6.07 Å². The lowest BCUT2D eigenvalue weighted by Gasteiger charge is -2.34. The van der Waals surface area contributed by atoms with Gasteiger partial charge >= 0.3 is 12.0 Å². The van der Waals surface area contributed by atoms with Crippen LogP contribution in [-0.4, -0.2) is 28.0 Å². The molecule has 118 valence electrons. The molecule has 0 aromatic heterocycles. The Kier molecular flexibility index (Phi) is 3.97. The molecule has 23 heavy (non-hydrogen) atoms. The number of carboxylic acids is 1. The number of amides is 2. The van der Waals surface area contributed by atoms with E-state index in [2.05, 4.69) is 5.32 Å². The van der Waals surface area contributed by atoms with E-state index in [0.717, 1.165) is 11.1 Å². The molecule has 2 amide bonds. The number of benzene rings is 2. The molecule has 0 spiro atoms. The van der Waals surface area contributed by atoms with Gasteiger partial charge in [0.15, 0.2) is 0 Å². The zero-order valence-electron chi connectivity index (χ0n) is 12.2. The van der Waals surface area contributed by atoms with E-state index in [9.17, 15) is 19.1 Å². The van der Waals surface area contributed by atoms with E-state index in [1.807, 2.05) is 24.3 Å². The molecule has 3 rings (SSSR count). The first-order valence-electron chi connectivity index (χ1n) is 7.18. The third kappa shape index (κ3) is 3.01. The highest BCUT2D eigenvalue weighted by Gasteiger charge is 2.34. The van der Waals surface area contributed by atoms with Gasteiger partial charge in [-0.05, 0) is 23.3 Å². The summed E-state index contributed by atoms with van der Waals surface area (Å²) in [7, 11) is 0. The lowest BCUT2D eigenvalue weighted by atomic mass is 9.94. The van der Waals surface area contributed by atoms with Crippen LogP contribution in [0.2, 0.25) is 0 Å². The van der Waals surface area contributed by atoms with Gasteiger partial charge < -0.3 is 15.3 Å². The summed E-state index contributed by atoms with van der Waals surface area (Å²) in [6.45, 7) is 0.174. The number of urea groups is 1. The Balaban J connectivity index is 1.86. The summed E-state index contributed by atoms with van der Waals surface area (Å²) in [5.74, 6) is -1.65. The van der Waals surface area contributed by atoms with E-state index in [0.29, 0.717) is 0 Å². The van der Waals surface area contributed by atoms with Crippen LogP contribution in [0.25, 0.3) is 0 Å². The minimum atomic E-state index is -1.08. The fraction of sp³-hybridized carbons (Fsp3) is 0.176. The zero-order chi connectivity index (χ0) is 16.4. The molecule has 2 N–H and O–H groups in total. The van der Waals surface area contributed by atoms with Crippen molar-refractivity contribution in [3.63, 3.8) is 0 Å². The minimum Gasteiger partial charge on any atom is -0.480 e. The molecule has 0 saturated heterocycles. The molecule has 6 heteroatoms. The number of carbonyl (C=O) groups is 2. The first kappa shape index (κ1) is 15.0. The molecule has 1 aliphatic rings. The number of nitrogens with one attached hydrogen (secondary N) is 1. The lowest BCUT2D eigenvalue weighted by Crippen LogP contribution is -2.50. The summed E-state index contributed by atoms with van der Waals surface area (Å²) in [5.41, 5.74) is 1.84. The summed E-state index contributed by atoms with van der Waals surface area (Å²) in [6.07, 6.45) is 0.232. The number of anilines is 1. The van der Waals surface area contributed by atoms with E-state index in [4.69, 9.17) is 0 Å². The molecule has 2 aromatic carbocycles. The summed E-state index contributed by atoms with van der Waals surface area (Å²) in [4.78, 5) is 25.2. The number of fused-ring (bicyclic) bond motifs is 1. The van der Waals surface area contributed by atoms with Crippen molar-refractivity contribution in [1.29, 1.82) is 0 Å². The topological polar surface area (TPSA) is 69.6 Å². The Bertz CT molecular complexity index is 763. The first-order valence-corrected chi connectivity index (χ1v) is 7.18. The molecule has 5 nitrogen and oxygen atoms in total. The number of halogens is 1. The van der Waals surface area contributed by atoms with Crippen molar-refractivity contribution in [2.24, 2.45) is 0 Å². The Morgan fingerprint density at radius 2 is 1.74 bits per heavy atom. The van der Waals surface area contributed by atoms with Crippen molar-refractivity contribution in [1.82, 2.24) is 4.90 Å². The van der Waals surface area contributed by atoms with E-state index in [-0.39, 0.29) is 18.7 Å². The number of hydrogen-bond acceptors (Lipinski definition) is 2. The smallest absolute Gasteiger partial charge is 0.326 e. The van der Waals surface area contributed by atoms with Gasteiger partial charge in [-0.3, -0.25) is 0 Å². The van der Waals surface area contributed by atoms with Crippen molar-refractivity contribution in [3.05, 3.63) is 65.5 Å². The van der Waals surface area contributed by atoms with Crippen LogP contribution in [-0.2, 0) is 17.8 Å². The molecular weight excluding hydrogens is 299 g/mol. The highest BCUT2D eigenvalue weighted by Crippen LogP contribution is 2.24. The summed E-state index contributed by atoms with van der Waals surface area (Å²) in [5, 5.41) is 11.9. The molecule has 1 heterocycles. The number of aliphatic carboxylic acids is 1. The van der Waals surface area contributed by atoms with E-state index in [1.165, 1.54) is 23.1 Å². The largest absolute Gasteiger partial charge is 0.480 e. The van der Waals surface area contributed by atoms with Crippen molar-refractivity contribution in [2.75, 3.05) is 5.32 Å². The lowest BCUT2D eigenvalue weighted by molar-refractivity contribution is -0.142. The molecule has 1 atom stereocenters. The number of carbonyl (C=O) groups excluding carboxylic acids is 1. The third-order valence-electron chi connectivity index (χ3n) is 3.91. The molecule has 0 bridgehead atoms. The van der Waals surface area contributed by atoms with Gasteiger partial charge in [0.25, 0.3) is 0 Å². The van der Waals surface area contributed by atoms with Crippen molar-refractivity contribution < 1.29 is 19.1 Å². The Morgan fingerprint density at radius 3 is 2.43 bits per heavy atom. The second-order valence-electron chi connectivity index (χ2n) is 5.36. The Labute approximate surface area is 132 Å². The fourth-order valence-electron chi connectivity index (χ4n) is 2.71. The van der Waals surface area contributed by atoms with Crippen molar-refractivity contribution in [3.8, 4) is 0 Å². The van der Waals surface area contributed by atoms with Crippen LogP contribution in [0.4, 0.5) is 14.9 Å². The van der Waals surface area contributed by atoms with Gasteiger partial charge in [-0.1, -0.05) is 36.4 Å². The van der Waals surface area contributed by atoms with Crippen LogP contribution in [0.5, 0.6) is 0 Å². The third-order valence-corrected chi connectivity index (χ3v) is 3.91. The Morgan fingerprint density at radius 1 is 1.09 bits per heavy atom. The molecular formula is C17H15FN2O3. The van der Waals surface area contributed by atoms with Crippen LogP contribution in [0, 0.1) is 5.82 Å². The van der Waals surface area contributed by atoms with Crippen molar-refractivity contribution >= 4 is 17.7 Å². The summed E-state index contributed by atoms with van der Waals surface area (Å²) in [6, 6.07) is 11.6. The second kappa shape index (κ2) is 6.08. The number of para-hydroxylation sites is 1. The van der Waals surface area contributed by atoms with Gasteiger partial charge in [-0.2, -0.15) is 0 Å². The summed E-state index contributed by atoms with van der Waals surface area (Å²) < 4.78 is 13.7. The number of carboxylic acid groups (broad SMARTS) is 1.